The lowest BCUT2D eigenvalue weighted by Gasteiger charge is -2.07. The Balaban J connectivity index is 1.93. The van der Waals surface area contributed by atoms with Gasteiger partial charge in [0, 0.05) is 19.6 Å². The summed E-state index contributed by atoms with van der Waals surface area (Å²) in [6, 6.07) is 0.633. The highest BCUT2D eigenvalue weighted by atomic mass is 35.5. The Morgan fingerprint density at radius 1 is 1.71 bits per heavy atom. The van der Waals surface area contributed by atoms with Crippen LogP contribution in [0.2, 0.25) is 5.02 Å². The van der Waals surface area contributed by atoms with Gasteiger partial charge in [0.1, 0.15) is 0 Å². The molecule has 4 heteroatoms. The zero-order valence-corrected chi connectivity index (χ0v) is 9.60. The average Bonchev–Trinajstić information content (AvgIpc) is 2.58. The van der Waals surface area contributed by atoms with E-state index in [2.05, 4.69) is 24.3 Å². The van der Waals surface area contributed by atoms with E-state index in [0.29, 0.717) is 11.5 Å². The lowest BCUT2D eigenvalue weighted by Crippen LogP contribution is -2.21. The third-order valence-corrected chi connectivity index (χ3v) is 3.36. The number of aromatic nitrogens is 2. The predicted octanol–water partition coefficient (Wildman–Crippen LogP) is 1.96. The minimum absolute atomic E-state index is 0.463. The lowest BCUT2D eigenvalue weighted by atomic mass is 10.2. The van der Waals surface area contributed by atoms with Gasteiger partial charge in [0.15, 0.2) is 0 Å². The smallest absolute Gasteiger partial charge is 0.0831 e. The molecule has 1 aliphatic carbocycles. The molecule has 1 aromatic heterocycles. The standard InChI is InChI=1S/C10H16ClN3/c1-10(2)4-9(10)12-6-8-7(11)5-13-14(8)3/h5,9,12H,4,6H2,1-3H3. The van der Waals surface area contributed by atoms with Crippen molar-refractivity contribution >= 4 is 11.6 Å². The van der Waals surface area contributed by atoms with Crippen molar-refractivity contribution in [2.75, 3.05) is 0 Å². The maximum atomic E-state index is 6.00. The van der Waals surface area contributed by atoms with E-state index in [4.69, 9.17) is 11.6 Å². The molecule has 1 atom stereocenters. The first-order valence-corrected chi connectivity index (χ1v) is 5.28. The summed E-state index contributed by atoms with van der Waals surface area (Å²) in [6.45, 7) is 5.36. The third-order valence-electron chi connectivity index (χ3n) is 3.04. The van der Waals surface area contributed by atoms with Gasteiger partial charge in [-0.2, -0.15) is 5.10 Å². The monoisotopic (exact) mass is 213 g/mol. The molecule has 0 saturated heterocycles. The fourth-order valence-corrected chi connectivity index (χ4v) is 1.90. The molecule has 1 N–H and O–H groups in total. The molecular weight excluding hydrogens is 198 g/mol. The highest BCUT2D eigenvalue weighted by Crippen LogP contribution is 2.44. The molecule has 0 amide bonds. The van der Waals surface area contributed by atoms with E-state index in [1.807, 2.05) is 11.7 Å². The minimum Gasteiger partial charge on any atom is -0.308 e. The van der Waals surface area contributed by atoms with E-state index in [1.165, 1.54) is 6.42 Å². The highest BCUT2D eigenvalue weighted by molar-refractivity contribution is 6.31. The van der Waals surface area contributed by atoms with E-state index in [9.17, 15) is 0 Å². The van der Waals surface area contributed by atoms with Crippen LogP contribution in [0.1, 0.15) is 26.0 Å². The Morgan fingerprint density at radius 3 is 2.79 bits per heavy atom. The van der Waals surface area contributed by atoms with Gasteiger partial charge in [0.2, 0.25) is 0 Å². The van der Waals surface area contributed by atoms with Crippen LogP contribution in [-0.4, -0.2) is 15.8 Å². The second-order valence-corrected chi connectivity index (χ2v) is 5.10. The Morgan fingerprint density at radius 2 is 2.36 bits per heavy atom. The van der Waals surface area contributed by atoms with Gasteiger partial charge >= 0.3 is 0 Å². The van der Waals surface area contributed by atoms with Crippen LogP contribution in [0.3, 0.4) is 0 Å². The van der Waals surface area contributed by atoms with Crippen molar-refractivity contribution in [2.24, 2.45) is 12.5 Å². The van der Waals surface area contributed by atoms with Crippen molar-refractivity contribution in [3.05, 3.63) is 16.9 Å². The summed E-state index contributed by atoms with van der Waals surface area (Å²) in [5.41, 5.74) is 1.53. The summed E-state index contributed by atoms with van der Waals surface area (Å²) in [5, 5.41) is 8.33. The van der Waals surface area contributed by atoms with Gasteiger partial charge < -0.3 is 5.32 Å². The molecule has 1 fully saturated rings. The summed E-state index contributed by atoms with van der Waals surface area (Å²) in [4.78, 5) is 0. The van der Waals surface area contributed by atoms with E-state index in [1.54, 1.807) is 6.20 Å². The van der Waals surface area contributed by atoms with Crippen LogP contribution in [0, 0.1) is 5.41 Å². The molecule has 0 aliphatic heterocycles. The lowest BCUT2D eigenvalue weighted by molar-refractivity contribution is 0.529. The fourth-order valence-electron chi connectivity index (χ4n) is 1.67. The van der Waals surface area contributed by atoms with E-state index in [-0.39, 0.29) is 0 Å². The molecule has 1 saturated carbocycles. The summed E-state index contributed by atoms with van der Waals surface area (Å²) >= 11 is 6.00. The Hall–Kier alpha value is -0.540. The third kappa shape index (κ3) is 1.79. The molecule has 1 unspecified atom stereocenters. The number of nitrogens with one attached hydrogen (secondary N) is 1. The SMILES string of the molecule is Cn1ncc(Cl)c1CNC1CC1(C)C. The number of rotatable bonds is 3. The van der Waals surface area contributed by atoms with Gasteiger partial charge in [0.25, 0.3) is 0 Å². The molecule has 0 bridgehead atoms. The summed E-state index contributed by atoms with van der Waals surface area (Å²) in [6.07, 6.45) is 2.94. The van der Waals surface area contributed by atoms with Crippen molar-refractivity contribution in [2.45, 2.75) is 32.9 Å². The number of halogens is 1. The Bertz CT molecular complexity index is 324. The van der Waals surface area contributed by atoms with Gasteiger partial charge in [0.05, 0.1) is 16.9 Å². The van der Waals surface area contributed by atoms with Gasteiger partial charge in [-0.15, -0.1) is 0 Å². The number of hydrogen-bond acceptors (Lipinski definition) is 2. The Labute approximate surface area is 89.4 Å². The van der Waals surface area contributed by atoms with E-state index >= 15 is 0 Å². The van der Waals surface area contributed by atoms with Crippen LogP contribution in [-0.2, 0) is 13.6 Å². The van der Waals surface area contributed by atoms with Crippen LogP contribution in [0.4, 0.5) is 0 Å². The van der Waals surface area contributed by atoms with Gasteiger partial charge in [-0.3, -0.25) is 4.68 Å². The van der Waals surface area contributed by atoms with Crippen LogP contribution >= 0.6 is 11.6 Å². The maximum Gasteiger partial charge on any atom is 0.0831 e. The normalized spacial score (nSPS) is 23.9. The van der Waals surface area contributed by atoms with Crippen molar-refractivity contribution < 1.29 is 0 Å². The fraction of sp³-hybridized carbons (Fsp3) is 0.700. The molecule has 0 radical (unpaired) electrons. The molecule has 78 valence electrons. The van der Waals surface area contributed by atoms with E-state index < -0.39 is 0 Å². The molecule has 1 aromatic rings. The summed E-state index contributed by atoms with van der Waals surface area (Å²) < 4.78 is 1.82. The zero-order chi connectivity index (χ0) is 10.3. The molecule has 1 aliphatic rings. The van der Waals surface area contributed by atoms with Crippen LogP contribution in [0.5, 0.6) is 0 Å². The number of nitrogens with zero attached hydrogens (tertiary/aromatic N) is 2. The highest BCUT2D eigenvalue weighted by Gasteiger charge is 2.45. The van der Waals surface area contributed by atoms with Crippen LogP contribution in [0.25, 0.3) is 0 Å². The van der Waals surface area contributed by atoms with Crippen molar-refractivity contribution in [3.63, 3.8) is 0 Å². The maximum absolute atomic E-state index is 6.00. The Kier molecular flexibility index (Phi) is 2.32. The molecule has 14 heavy (non-hydrogen) atoms. The summed E-state index contributed by atoms with van der Waals surface area (Å²) in [5.74, 6) is 0. The molecular formula is C10H16ClN3. The van der Waals surface area contributed by atoms with Gasteiger partial charge in [-0.25, -0.2) is 0 Å². The topological polar surface area (TPSA) is 29.9 Å². The summed E-state index contributed by atoms with van der Waals surface area (Å²) in [7, 11) is 1.92. The van der Waals surface area contributed by atoms with Gasteiger partial charge in [-0.1, -0.05) is 25.4 Å². The predicted molar refractivity (Wildman–Crippen MR) is 57.2 cm³/mol. The quantitative estimate of drug-likeness (QED) is 0.832. The molecule has 0 spiro atoms. The molecule has 0 aromatic carbocycles. The zero-order valence-electron chi connectivity index (χ0n) is 8.84. The van der Waals surface area contributed by atoms with Gasteiger partial charge in [-0.05, 0) is 11.8 Å². The van der Waals surface area contributed by atoms with Crippen molar-refractivity contribution in [1.82, 2.24) is 15.1 Å². The first kappa shape index (κ1) is 9.99. The largest absolute Gasteiger partial charge is 0.308 e. The molecule has 1 heterocycles. The minimum atomic E-state index is 0.463. The molecule has 2 rings (SSSR count). The second-order valence-electron chi connectivity index (χ2n) is 4.69. The first-order chi connectivity index (χ1) is 6.50. The second kappa shape index (κ2) is 3.24. The number of aryl methyl sites for hydroxylation is 1. The van der Waals surface area contributed by atoms with Crippen LogP contribution < -0.4 is 5.32 Å². The van der Waals surface area contributed by atoms with Crippen molar-refractivity contribution in [3.8, 4) is 0 Å². The first-order valence-electron chi connectivity index (χ1n) is 4.90. The van der Waals surface area contributed by atoms with Crippen molar-refractivity contribution in [1.29, 1.82) is 0 Å². The molecule has 3 nitrogen and oxygen atoms in total. The number of hydrogen-bond donors (Lipinski definition) is 1. The van der Waals surface area contributed by atoms with E-state index in [0.717, 1.165) is 17.3 Å². The van der Waals surface area contributed by atoms with Crippen LogP contribution in [0.15, 0.2) is 6.20 Å². The average molecular weight is 214 g/mol.